The van der Waals surface area contributed by atoms with E-state index in [1.165, 1.54) is 13.8 Å². The summed E-state index contributed by atoms with van der Waals surface area (Å²) in [5.74, 6) is 0. The fourth-order valence-electron chi connectivity index (χ4n) is 6.65. The van der Waals surface area contributed by atoms with E-state index in [-0.39, 0.29) is 22.3 Å². The van der Waals surface area contributed by atoms with Crippen LogP contribution in [0.5, 0.6) is 0 Å². The number of rotatable bonds is 3. The molecule has 1 aromatic heterocycles. The molecule has 1 nitrogen and oxygen atoms in total. The molecule has 10 rings (SSSR count). The van der Waals surface area contributed by atoms with Crippen molar-refractivity contribution in [1.82, 2.24) is 0 Å². The first-order valence-electron chi connectivity index (χ1n) is 27.7. The second kappa shape index (κ2) is 10.0. The highest BCUT2D eigenvalue weighted by Crippen LogP contribution is 2.54. The molecule has 0 N–H and O–H groups in total. The minimum Gasteiger partial charge on any atom is -0.456 e. The van der Waals surface area contributed by atoms with Crippen molar-refractivity contribution < 1.29 is 40.1 Å². The van der Waals surface area contributed by atoms with E-state index in [0.29, 0.717) is 0 Å². The van der Waals surface area contributed by atoms with Crippen LogP contribution >= 0.6 is 0 Å². The highest BCUT2D eigenvalue weighted by Gasteiger charge is 2.36. The Balaban J connectivity index is 1.54. The van der Waals surface area contributed by atoms with Crippen LogP contribution in [0.25, 0.3) is 88.0 Å². The van der Waals surface area contributed by atoms with Crippen LogP contribution in [0.1, 0.15) is 60.6 Å². The lowest BCUT2D eigenvalue weighted by atomic mass is 9.81. The molecule has 1 heterocycles. The minimum atomic E-state index is -1.56. The Labute approximate surface area is 316 Å². The van der Waals surface area contributed by atoms with Gasteiger partial charge in [-0.05, 0) is 95.3 Å². The lowest BCUT2D eigenvalue weighted by molar-refractivity contribution is 0.660. The summed E-state index contributed by atoms with van der Waals surface area (Å²) in [5, 5.41) is -3.84. The van der Waals surface area contributed by atoms with Crippen LogP contribution in [0, 0.1) is 0 Å². The normalized spacial score (nSPS) is 21.0. The standard InChI is InChI=1S/C47H32O/c1-47(2)40-23-11-9-21-38(40)46-33(22-13-24-41(46)47)30-14-3-4-16-32(30)45-36-19-7-5-17-34(36)44(35-18-6-8-20-37(35)45)29-26-27-43-39(28-29)31-15-10-12-25-42(31)48-43/h3-28H,1-2H3/i3D,4D,5D,6D,7D,8D,9D,10D,11D,12D,13D,14D,15D,16D,17D,18D,19D,20D,21D,22D,23D,24D,25D,26D,27D,28D. The molecule has 0 amide bonds. The SMILES string of the molecule is [2H]c1c([2H])c([2H])c(-c2c3c([2H])c([2H])c([2H])c([2H])c3c(-c3c([2H])c([2H])c4oc5c([2H])c([2H])c([2H])c([2H])c5c4c3[2H])c3c([2H])c([2H])c([2H])c([2H])c23)c(-c2c([2H])c([2H])c([2H])c3c2-c2c([2H])c([2H])c([2H])c([2H])c2C3(C)C)c1[2H]. The van der Waals surface area contributed by atoms with Gasteiger partial charge in [-0.25, -0.2) is 0 Å². The average molecular weight is 639 g/mol. The van der Waals surface area contributed by atoms with Crippen LogP contribution in [0.3, 0.4) is 0 Å². The fourth-order valence-corrected chi connectivity index (χ4v) is 6.65. The molecular weight excluding hydrogens is 581 g/mol. The Morgan fingerprint density at radius 1 is 0.396 bits per heavy atom. The van der Waals surface area contributed by atoms with Crippen LogP contribution in [0.4, 0.5) is 0 Å². The van der Waals surface area contributed by atoms with Gasteiger partial charge in [0, 0.05) is 16.2 Å². The van der Waals surface area contributed by atoms with Crippen molar-refractivity contribution in [2.24, 2.45) is 0 Å². The van der Waals surface area contributed by atoms with E-state index in [0.717, 1.165) is 0 Å². The molecule has 9 aromatic rings. The monoisotopic (exact) mass is 638 g/mol. The summed E-state index contributed by atoms with van der Waals surface area (Å²) in [5.41, 5.74) is -7.79. The van der Waals surface area contributed by atoms with Crippen LogP contribution in [0.2, 0.25) is 0 Å². The Kier molecular flexibility index (Phi) is 2.50. The molecule has 0 atom stereocenters. The van der Waals surface area contributed by atoms with Gasteiger partial charge in [0.1, 0.15) is 11.2 Å². The van der Waals surface area contributed by atoms with E-state index in [9.17, 15) is 16.4 Å². The Morgan fingerprint density at radius 3 is 1.65 bits per heavy atom. The minimum absolute atomic E-state index is 0.0896. The summed E-state index contributed by atoms with van der Waals surface area (Å²) in [6, 6.07) is -22.5. The van der Waals surface area contributed by atoms with Crippen LogP contribution in [-0.4, -0.2) is 0 Å². The molecule has 0 unspecified atom stereocenters. The third kappa shape index (κ3) is 3.73. The third-order valence-corrected chi connectivity index (χ3v) is 8.76. The summed E-state index contributed by atoms with van der Waals surface area (Å²) >= 11 is 0. The van der Waals surface area contributed by atoms with Crippen LogP contribution in [-0.2, 0) is 5.41 Å². The molecular formula is C47H32O. The maximum absolute atomic E-state index is 9.75. The zero-order chi connectivity index (χ0) is 54.6. The summed E-state index contributed by atoms with van der Waals surface area (Å²) in [7, 11) is 0. The van der Waals surface area contributed by atoms with Gasteiger partial charge in [-0.3, -0.25) is 0 Å². The van der Waals surface area contributed by atoms with Gasteiger partial charge in [-0.2, -0.15) is 0 Å². The molecule has 1 aliphatic carbocycles. The molecule has 0 fully saturated rings. The number of para-hydroxylation sites is 1. The van der Waals surface area contributed by atoms with Crippen molar-refractivity contribution in [3.8, 4) is 44.5 Å². The van der Waals surface area contributed by atoms with E-state index in [1.54, 1.807) is 0 Å². The van der Waals surface area contributed by atoms with Crippen molar-refractivity contribution in [3.63, 3.8) is 0 Å². The Bertz CT molecular complexity index is 4150. The topological polar surface area (TPSA) is 13.1 Å². The van der Waals surface area contributed by atoms with Gasteiger partial charge in [0.25, 0.3) is 0 Å². The largest absolute Gasteiger partial charge is 0.456 e. The highest BCUT2D eigenvalue weighted by atomic mass is 16.3. The molecule has 226 valence electrons. The van der Waals surface area contributed by atoms with Gasteiger partial charge in [-0.15, -0.1) is 0 Å². The maximum Gasteiger partial charge on any atom is 0.135 e. The second-order valence-corrected chi connectivity index (χ2v) is 11.6. The van der Waals surface area contributed by atoms with Gasteiger partial charge < -0.3 is 4.42 Å². The third-order valence-electron chi connectivity index (χ3n) is 8.76. The fraction of sp³-hybridized carbons (Fsp3) is 0.0638. The van der Waals surface area contributed by atoms with Crippen molar-refractivity contribution in [2.45, 2.75) is 19.3 Å². The smallest absolute Gasteiger partial charge is 0.135 e. The molecule has 0 saturated heterocycles. The summed E-state index contributed by atoms with van der Waals surface area (Å²) < 4.78 is 243. The number of fused-ring (bicyclic) bond motifs is 8. The highest BCUT2D eigenvalue weighted by molar-refractivity contribution is 6.23. The van der Waals surface area contributed by atoms with E-state index in [2.05, 4.69) is 0 Å². The molecule has 0 bridgehead atoms. The van der Waals surface area contributed by atoms with Gasteiger partial charge in [-0.1, -0.05) is 153 Å². The summed E-state index contributed by atoms with van der Waals surface area (Å²) in [6.07, 6.45) is 0. The lowest BCUT2D eigenvalue weighted by Gasteiger charge is -2.22. The Morgan fingerprint density at radius 2 is 0.917 bits per heavy atom. The zero-order valence-corrected chi connectivity index (χ0v) is 24.9. The molecule has 0 radical (unpaired) electrons. The van der Waals surface area contributed by atoms with E-state index < -0.39 is 239 Å². The van der Waals surface area contributed by atoms with E-state index in [4.69, 9.17) is 23.6 Å². The Hall–Kier alpha value is -5.92. The van der Waals surface area contributed by atoms with Gasteiger partial charge >= 0.3 is 0 Å². The number of hydrogen-bond acceptors (Lipinski definition) is 1. The first-order chi connectivity index (χ1) is 34.4. The van der Waals surface area contributed by atoms with Crippen molar-refractivity contribution in [3.05, 3.63) is 168 Å². The van der Waals surface area contributed by atoms with E-state index in [1.807, 2.05) is 0 Å². The van der Waals surface area contributed by atoms with Crippen LogP contribution < -0.4 is 0 Å². The first kappa shape index (κ1) is 12.0. The second-order valence-electron chi connectivity index (χ2n) is 11.6. The number of furan rings is 1. The molecule has 0 spiro atoms. The van der Waals surface area contributed by atoms with Gasteiger partial charge in [0.15, 0.2) is 0 Å². The van der Waals surface area contributed by atoms with Crippen molar-refractivity contribution >= 4 is 43.5 Å². The van der Waals surface area contributed by atoms with Crippen molar-refractivity contribution in [2.75, 3.05) is 0 Å². The molecule has 0 aliphatic heterocycles. The molecule has 1 aliphatic rings. The van der Waals surface area contributed by atoms with Crippen LogP contribution in [0.15, 0.2) is 162 Å². The predicted octanol–water partition coefficient (Wildman–Crippen LogP) is 13.2. The van der Waals surface area contributed by atoms with Gasteiger partial charge in [0.2, 0.25) is 0 Å². The summed E-state index contributed by atoms with van der Waals surface area (Å²) in [6.45, 7) is 3.00. The molecule has 0 saturated carbocycles. The first-order valence-corrected chi connectivity index (χ1v) is 14.7. The maximum atomic E-state index is 9.75. The summed E-state index contributed by atoms with van der Waals surface area (Å²) in [4.78, 5) is 0. The van der Waals surface area contributed by atoms with Gasteiger partial charge in [0.05, 0.1) is 35.6 Å². The molecule has 8 aromatic carbocycles. The quantitative estimate of drug-likeness (QED) is 0.176. The molecule has 1 heteroatoms. The lowest BCUT2D eigenvalue weighted by Crippen LogP contribution is -2.14. The zero-order valence-electron chi connectivity index (χ0n) is 50.9. The van der Waals surface area contributed by atoms with E-state index >= 15 is 0 Å². The average Bonchev–Trinajstić information content (AvgIpc) is 3.89. The molecule has 48 heavy (non-hydrogen) atoms. The number of hydrogen-bond donors (Lipinski definition) is 0. The predicted molar refractivity (Wildman–Crippen MR) is 203 cm³/mol. The number of benzene rings is 8. The van der Waals surface area contributed by atoms with Crippen molar-refractivity contribution in [1.29, 1.82) is 0 Å².